The molecule has 20 heavy (non-hydrogen) atoms. The van der Waals surface area contributed by atoms with Crippen LogP contribution in [0.5, 0.6) is 0 Å². The Morgan fingerprint density at radius 3 is 2.45 bits per heavy atom. The molecule has 2 rings (SSSR count). The first-order valence-corrected chi connectivity index (χ1v) is 6.92. The van der Waals surface area contributed by atoms with E-state index in [1.807, 2.05) is 0 Å². The third-order valence-electron chi connectivity index (χ3n) is 4.02. The summed E-state index contributed by atoms with van der Waals surface area (Å²) in [5, 5.41) is 13.9. The first-order chi connectivity index (χ1) is 9.26. The zero-order valence-corrected chi connectivity index (χ0v) is 12.7. The monoisotopic (exact) mass is 276 g/mol. The smallest absolute Gasteiger partial charge is 0.450 e. The standard InChI is InChI=1S/C16H22.CH2O3/c1-12-7-6-10-16(4,11-12)15-9-5-8-13(2)14(15)3;2-1(3)4/h5-6,8-10,12H,7,11H2,1-4H3;(H2,2,3,4). The summed E-state index contributed by atoms with van der Waals surface area (Å²) >= 11 is 0. The van der Waals surface area contributed by atoms with Gasteiger partial charge in [-0.2, -0.15) is 0 Å². The molecule has 1 aromatic rings. The van der Waals surface area contributed by atoms with Gasteiger partial charge in [-0.1, -0.05) is 44.2 Å². The van der Waals surface area contributed by atoms with E-state index in [0.717, 1.165) is 5.92 Å². The fourth-order valence-electron chi connectivity index (χ4n) is 3.01. The van der Waals surface area contributed by atoms with Crippen LogP contribution in [0.15, 0.2) is 30.4 Å². The summed E-state index contributed by atoms with van der Waals surface area (Å²) in [7, 11) is 0. The molecule has 2 N–H and O–H groups in total. The lowest BCUT2D eigenvalue weighted by atomic mass is 9.70. The van der Waals surface area contributed by atoms with Crippen LogP contribution in [-0.2, 0) is 5.41 Å². The first kappa shape index (κ1) is 16.3. The average molecular weight is 276 g/mol. The molecule has 2 unspecified atom stereocenters. The maximum atomic E-state index is 8.56. The summed E-state index contributed by atoms with van der Waals surface area (Å²) < 4.78 is 0. The van der Waals surface area contributed by atoms with Crippen LogP contribution >= 0.6 is 0 Å². The van der Waals surface area contributed by atoms with Crippen molar-refractivity contribution >= 4 is 6.16 Å². The SMILES string of the molecule is Cc1cccc(C2(C)C=CCC(C)C2)c1C.O=C(O)O. The van der Waals surface area contributed by atoms with Crippen molar-refractivity contribution in [2.75, 3.05) is 0 Å². The maximum absolute atomic E-state index is 8.56. The van der Waals surface area contributed by atoms with Gasteiger partial charge in [-0.15, -0.1) is 0 Å². The lowest BCUT2D eigenvalue weighted by Gasteiger charge is -2.34. The molecule has 0 heterocycles. The van der Waals surface area contributed by atoms with E-state index in [0.29, 0.717) is 0 Å². The van der Waals surface area contributed by atoms with Gasteiger partial charge in [0.1, 0.15) is 0 Å². The minimum atomic E-state index is -1.83. The number of rotatable bonds is 1. The van der Waals surface area contributed by atoms with Crippen LogP contribution in [0.1, 0.15) is 43.4 Å². The van der Waals surface area contributed by atoms with Crippen molar-refractivity contribution in [2.45, 2.75) is 46.0 Å². The summed E-state index contributed by atoms with van der Waals surface area (Å²) in [5.41, 5.74) is 4.62. The molecular weight excluding hydrogens is 252 g/mol. The Kier molecular flexibility index (Phi) is 5.37. The third-order valence-corrected chi connectivity index (χ3v) is 4.02. The quantitative estimate of drug-likeness (QED) is 0.726. The van der Waals surface area contributed by atoms with Crippen molar-refractivity contribution in [3.05, 3.63) is 47.0 Å². The largest absolute Gasteiger partial charge is 0.503 e. The predicted molar refractivity (Wildman–Crippen MR) is 81.5 cm³/mol. The van der Waals surface area contributed by atoms with Crippen LogP contribution in [-0.4, -0.2) is 16.4 Å². The second-order valence-corrected chi connectivity index (χ2v) is 5.89. The highest BCUT2D eigenvalue weighted by atomic mass is 16.6. The molecule has 0 aliphatic heterocycles. The molecule has 1 aromatic carbocycles. The van der Waals surface area contributed by atoms with Gasteiger partial charge in [0.15, 0.2) is 0 Å². The molecule has 0 saturated carbocycles. The number of allylic oxidation sites excluding steroid dienone is 2. The van der Waals surface area contributed by atoms with E-state index in [9.17, 15) is 0 Å². The molecule has 3 nitrogen and oxygen atoms in total. The lowest BCUT2D eigenvalue weighted by molar-refractivity contribution is 0.137. The fraction of sp³-hybridized carbons (Fsp3) is 0.471. The summed E-state index contributed by atoms with van der Waals surface area (Å²) in [6, 6.07) is 6.69. The van der Waals surface area contributed by atoms with Gasteiger partial charge in [-0.05, 0) is 49.3 Å². The topological polar surface area (TPSA) is 57.5 Å². The molecule has 2 atom stereocenters. The number of hydrogen-bond acceptors (Lipinski definition) is 1. The number of benzene rings is 1. The van der Waals surface area contributed by atoms with E-state index in [1.54, 1.807) is 0 Å². The van der Waals surface area contributed by atoms with Crippen molar-refractivity contribution in [3.8, 4) is 0 Å². The van der Waals surface area contributed by atoms with Crippen molar-refractivity contribution in [1.82, 2.24) is 0 Å². The highest BCUT2D eigenvalue weighted by Crippen LogP contribution is 2.39. The molecule has 0 aromatic heterocycles. The maximum Gasteiger partial charge on any atom is 0.503 e. The van der Waals surface area contributed by atoms with Gasteiger partial charge in [0.05, 0.1) is 0 Å². The molecule has 0 radical (unpaired) electrons. The first-order valence-electron chi connectivity index (χ1n) is 6.92. The zero-order valence-electron chi connectivity index (χ0n) is 12.7. The molecule has 0 bridgehead atoms. The van der Waals surface area contributed by atoms with Crippen LogP contribution in [0.25, 0.3) is 0 Å². The number of carbonyl (C=O) groups is 1. The number of carboxylic acid groups (broad SMARTS) is 2. The van der Waals surface area contributed by atoms with Crippen molar-refractivity contribution in [1.29, 1.82) is 0 Å². The van der Waals surface area contributed by atoms with Crippen molar-refractivity contribution < 1.29 is 15.0 Å². The van der Waals surface area contributed by atoms with Crippen molar-refractivity contribution in [3.63, 3.8) is 0 Å². The highest BCUT2D eigenvalue weighted by molar-refractivity contribution is 5.53. The van der Waals surface area contributed by atoms with Gasteiger partial charge >= 0.3 is 6.16 Å². The van der Waals surface area contributed by atoms with E-state index < -0.39 is 6.16 Å². The molecule has 1 aliphatic carbocycles. The Hall–Kier alpha value is -1.77. The van der Waals surface area contributed by atoms with Crippen LogP contribution in [0, 0.1) is 19.8 Å². The van der Waals surface area contributed by atoms with Gasteiger partial charge in [-0.25, -0.2) is 4.79 Å². The van der Waals surface area contributed by atoms with Crippen LogP contribution in [0.2, 0.25) is 0 Å². The molecule has 3 heteroatoms. The predicted octanol–water partition coefficient (Wildman–Crippen LogP) is 4.77. The third kappa shape index (κ3) is 4.12. The zero-order chi connectivity index (χ0) is 15.3. The van der Waals surface area contributed by atoms with Crippen molar-refractivity contribution in [2.24, 2.45) is 5.92 Å². The van der Waals surface area contributed by atoms with E-state index in [4.69, 9.17) is 15.0 Å². The Bertz CT molecular complexity index is 501. The second-order valence-electron chi connectivity index (χ2n) is 5.89. The number of hydrogen-bond donors (Lipinski definition) is 2. The lowest BCUT2D eigenvalue weighted by Crippen LogP contribution is -2.26. The summed E-state index contributed by atoms with van der Waals surface area (Å²) in [4.78, 5) is 8.56. The van der Waals surface area contributed by atoms with Crippen LogP contribution < -0.4 is 0 Å². The molecular formula is C17H24O3. The van der Waals surface area contributed by atoms with Gasteiger partial charge < -0.3 is 10.2 Å². The van der Waals surface area contributed by atoms with Gasteiger partial charge in [0.2, 0.25) is 0 Å². The van der Waals surface area contributed by atoms with E-state index in [2.05, 4.69) is 58.0 Å². The second kappa shape index (κ2) is 6.60. The normalized spacial score (nSPS) is 24.7. The Morgan fingerprint density at radius 2 is 1.90 bits per heavy atom. The summed E-state index contributed by atoms with van der Waals surface area (Å²) in [5.74, 6) is 0.801. The highest BCUT2D eigenvalue weighted by Gasteiger charge is 2.29. The minimum absolute atomic E-state index is 0.244. The molecule has 0 fully saturated rings. The van der Waals surface area contributed by atoms with E-state index in [1.165, 1.54) is 29.5 Å². The van der Waals surface area contributed by atoms with E-state index >= 15 is 0 Å². The molecule has 0 spiro atoms. The molecule has 0 amide bonds. The number of aryl methyl sites for hydroxylation is 1. The molecule has 110 valence electrons. The molecule has 0 saturated heterocycles. The summed E-state index contributed by atoms with van der Waals surface area (Å²) in [6.45, 7) is 9.19. The Labute approximate surface area is 121 Å². The van der Waals surface area contributed by atoms with Crippen LogP contribution in [0.3, 0.4) is 0 Å². The Balaban J connectivity index is 0.000000444. The average Bonchev–Trinajstić information content (AvgIpc) is 2.31. The van der Waals surface area contributed by atoms with Crippen LogP contribution in [0.4, 0.5) is 4.79 Å². The fourth-order valence-corrected chi connectivity index (χ4v) is 3.01. The van der Waals surface area contributed by atoms with Gasteiger partial charge in [0.25, 0.3) is 0 Å². The van der Waals surface area contributed by atoms with Gasteiger partial charge in [0, 0.05) is 5.41 Å². The van der Waals surface area contributed by atoms with E-state index in [-0.39, 0.29) is 5.41 Å². The minimum Gasteiger partial charge on any atom is -0.450 e. The summed E-state index contributed by atoms with van der Waals surface area (Å²) in [6.07, 6.45) is 5.44. The van der Waals surface area contributed by atoms with Gasteiger partial charge in [-0.3, -0.25) is 0 Å². The Morgan fingerprint density at radius 1 is 1.30 bits per heavy atom. The molecule has 1 aliphatic rings.